The van der Waals surface area contributed by atoms with Crippen LogP contribution in [0.25, 0.3) is 0 Å². The Labute approximate surface area is 125 Å². The van der Waals surface area contributed by atoms with Crippen LogP contribution in [-0.4, -0.2) is 73.7 Å². The second-order valence-electron chi connectivity index (χ2n) is 3.79. The number of aliphatic hydroxyl groups excluding tert-OH is 2. The number of carbonyl (C=O) groups is 4. The average Bonchev–Trinajstić information content (AvgIpc) is 2.53. The van der Waals surface area contributed by atoms with Crippen LogP contribution in [-0.2, 0) is 38.1 Å². The van der Waals surface area contributed by atoms with Crippen LogP contribution in [0.4, 0.5) is 0 Å². The van der Waals surface area contributed by atoms with Crippen LogP contribution >= 0.6 is 0 Å². The Morgan fingerprint density at radius 2 is 0.955 bits per heavy atom. The Morgan fingerprint density at radius 3 is 1.27 bits per heavy atom. The van der Waals surface area contributed by atoms with Crippen LogP contribution in [0.15, 0.2) is 0 Å². The number of unbranched alkanes of at least 4 members (excludes halogenated alkanes) is 1. The first-order valence-electron chi connectivity index (χ1n) is 6.33. The zero-order valence-electron chi connectivity index (χ0n) is 11.8. The third-order valence-electron chi connectivity index (χ3n) is 2.02. The molecule has 0 aromatic rings. The van der Waals surface area contributed by atoms with Crippen molar-refractivity contribution in [3.05, 3.63) is 0 Å². The van der Waals surface area contributed by atoms with Gasteiger partial charge in [0.1, 0.15) is 13.2 Å². The van der Waals surface area contributed by atoms with Crippen molar-refractivity contribution in [2.24, 2.45) is 0 Å². The first-order chi connectivity index (χ1) is 10.5. The van der Waals surface area contributed by atoms with Crippen LogP contribution < -0.4 is 0 Å². The molecule has 0 atom stereocenters. The summed E-state index contributed by atoms with van der Waals surface area (Å²) in [6.45, 7) is -2.69. The molecule has 0 saturated heterocycles. The molecule has 10 heteroatoms. The molecule has 0 aliphatic heterocycles. The van der Waals surface area contributed by atoms with E-state index in [1.54, 1.807) is 0 Å². The summed E-state index contributed by atoms with van der Waals surface area (Å²) in [4.78, 5) is 43.2. The van der Waals surface area contributed by atoms with Gasteiger partial charge < -0.3 is 29.2 Å². The van der Waals surface area contributed by atoms with E-state index in [9.17, 15) is 19.2 Å². The van der Waals surface area contributed by atoms with E-state index in [4.69, 9.17) is 19.7 Å². The maximum absolute atomic E-state index is 11.0. The lowest BCUT2D eigenvalue weighted by Crippen LogP contribution is -2.19. The van der Waals surface area contributed by atoms with Gasteiger partial charge in [-0.1, -0.05) is 0 Å². The number of rotatable bonds is 11. The van der Waals surface area contributed by atoms with Gasteiger partial charge in [-0.05, 0) is 12.8 Å². The van der Waals surface area contributed by atoms with Crippen LogP contribution in [0.1, 0.15) is 12.8 Å². The fourth-order valence-corrected chi connectivity index (χ4v) is 1.03. The summed E-state index contributed by atoms with van der Waals surface area (Å²) in [5.74, 6) is -3.36. The molecule has 0 aromatic carbocycles. The van der Waals surface area contributed by atoms with Crippen LogP contribution in [0, 0.1) is 0 Å². The molecule has 0 spiro atoms. The lowest BCUT2D eigenvalue weighted by atomic mass is 10.3. The van der Waals surface area contributed by atoms with Gasteiger partial charge in [0.15, 0.2) is 13.2 Å². The average molecular weight is 322 g/mol. The van der Waals surface area contributed by atoms with E-state index >= 15 is 0 Å². The maximum Gasteiger partial charge on any atom is 0.344 e. The van der Waals surface area contributed by atoms with Gasteiger partial charge in [0.25, 0.3) is 0 Å². The van der Waals surface area contributed by atoms with E-state index in [2.05, 4.69) is 9.47 Å². The zero-order valence-corrected chi connectivity index (χ0v) is 11.8. The highest BCUT2D eigenvalue weighted by Crippen LogP contribution is 1.94. The number of hydrogen-bond acceptors (Lipinski definition) is 10. The number of hydrogen-bond donors (Lipinski definition) is 2. The Bertz CT molecular complexity index is 342. The molecule has 22 heavy (non-hydrogen) atoms. The lowest BCUT2D eigenvalue weighted by molar-refractivity contribution is -0.161. The minimum Gasteiger partial charge on any atom is -0.463 e. The highest BCUT2D eigenvalue weighted by molar-refractivity contribution is 5.77. The summed E-state index contributed by atoms with van der Waals surface area (Å²) in [5, 5.41) is 16.7. The molecule has 0 heterocycles. The number of esters is 4. The Morgan fingerprint density at radius 1 is 0.591 bits per heavy atom. The monoisotopic (exact) mass is 322 g/mol. The molecule has 0 aliphatic rings. The SMILES string of the molecule is O=C(CO)OCC(=O)OCCCCOC(=O)COC(=O)CO. The second-order valence-corrected chi connectivity index (χ2v) is 3.79. The summed E-state index contributed by atoms with van der Waals surface area (Å²) in [5.41, 5.74) is 0. The van der Waals surface area contributed by atoms with Gasteiger partial charge in [0, 0.05) is 0 Å². The largest absolute Gasteiger partial charge is 0.463 e. The molecule has 0 aromatic heterocycles. The van der Waals surface area contributed by atoms with Gasteiger partial charge in [0.05, 0.1) is 13.2 Å². The molecule has 0 fully saturated rings. The van der Waals surface area contributed by atoms with E-state index < -0.39 is 50.3 Å². The molecule has 0 radical (unpaired) electrons. The molecule has 0 aliphatic carbocycles. The summed E-state index contributed by atoms with van der Waals surface area (Å²) < 4.78 is 18.1. The highest BCUT2D eigenvalue weighted by Gasteiger charge is 2.08. The molecule has 0 rings (SSSR count). The van der Waals surface area contributed by atoms with Crippen molar-refractivity contribution in [2.75, 3.05) is 39.6 Å². The topological polar surface area (TPSA) is 146 Å². The van der Waals surface area contributed by atoms with Gasteiger partial charge in [-0.3, -0.25) is 0 Å². The summed E-state index contributed by atoms with van der Waals surface area (Å²) in [6.07, 6.45) is 0.812. The minimum absolute atomic E-state index is 0.0482. The normalized spacial score (nSPS) is 9.73. The Hall–Kier alpha value is -2.20. The fourth-order valence-electron chi connectivity index (χ4n) is 1.03. The van der Waals surface area contributed by atoms with Gasteiger partial charge in [-0.2, -0.15) is 0 Å². The van der Waals surface area contributed by atoms with Gasteiger partial charge in [-0.15, -0.1) is 0 Å². The smallest absolute Gasteiger partial charge is 0.344 e. The molecule has 10 nitrogen and oxygen atoms in total. The van der Waals surface area contributed by atoms with Crippen molar-refractivity contribution in [3.8, 4) is 0 Å². The lowest BCUT2D eigenvalue weighted by Gasteiger charge is -2.06. The van der Waals surface area contributed by atoms with Gasteiger partial charge in [-0.25, -0.2) is 19.2 Å². The van der Waals surface area contributed by atoms with Crippen molar-refractivity contribution < 1.29 is 48.3 Å². The van der Waals surface area contributed by atoms with Crippen LogP contribution in [0.5, 0.6) is 0 Å². The Kier molecular flexibility index (Phi) is 11.3. The van der Waals surface area contributed by atoms with Crippen molar-refractivity contribution in [3.63, 3.8) is 0 Å². The Balaban J connectivity index is 3.46. The quantitative estimate of drug-likeness (QED) is 0.247. The highest BCUT2D eigenvalue weighted by atomic mass is 16.6. The predicted molar refractivity (Wildman–Crippen MR) is 67.2 cm³/mol. The molecule has 0 unspecified atom stereocenters. The van der Waals surface area contributed by atoms with E-state index in [-0.39, 0.29) is 13.2 Å². The van der Waals surface area contributed by atoms with Crippen molar-refractivity contribution in [2.45, 2.75) is 12.8 Å². The molecule has 0 saturated carbocycles. The molecule has 2 N–H and O–H groups in total. The zero-order chi connectivity index (χ0) is 16.8. The third kappa shape index (κ3) is 11.6. The van der Waals surface area contributed by atoms with Crippen molar-refractivity contribution >= 4 is 23.9 Å². The van der Waals surface area contributed by atoms with Crippen molar-refractivity contribution in [1.29, 1.82) is 0 Å². The van der Waals surface area contributed by atoms with E-state index in [0.29, 0.717) is 12.8 Å². The first-order valence-corrected chi connectivity index (χ1v) is 6.33. The molecular weight excluding hydrogens is 304 g/mol. The van der Waals surface area contributed by atoms with Gasteiger partial charge >= 0.3 is 23.9 Å². The predicted octanol–water partition coefficient (Wildman–Crippen LogP) is -2.08. The molecule has 0 bridgehead atoms. The summed E-state index contributed by atoms with van der Waals surface area (Å²) >= 11 is 0. The van der Waals surface area contributed by atoms with Crippen LogP contribution in [0.3, 0.4) is 0 Å². The number of ether oxygens (including phenoxy) is 4. The van der Waals surface area contributed by atoms with Crippen LogP contribution in [0.2, 0.25) is 0 Å². The van der Waals surface area contributed by atoms with E-state index in [0.717, 1.165) is 0 Å². The minimum atomic E-state index is -0.925. The van der Waals surface area contributed by atoms with Gasteiger partial charge in [0.2, 0.25) is 0 Å². The second kappa shape index (κ2) is 12.5. The number of aliphatic hydroxyl groups is 2. The third-order valence-corrected chi connectivity index (χ3v) is 2.02. The van der Waals surface area contributed by atoms with E-state index in [1.165, 1.54) is 0 Å². The molecule has 126 valence electrons. The summed E-state index contributed by atoms with van der Waals surface area (Å²) in [7, 11) is 0. The standard InChI is InChI=1S/C12H18O10/c13-5-9(15)21-7-11(17)19-3-1-2-4-20-12(18)8-22-10(16)6-14/h13-14H,1-8H2. The van der Waals surface area contributed by atoms with E-state index in [1.807, 2.05) is 0 Å². The fraction of sp³-hybridized carbons (Fsp3) is 0.667. The number of carbonyl (C=O) groups excluding carboxylic acids is 4. The first kappa shape index (κ1) is 19.8. The maximum atomic E-state index is 11.0. The van der Waals surface area contributed by atoms with Crippen molar-refractivity contribution in [1.82, 2.24) is 0 Å². The molecule has 0 amide bonds. The molecular formula is C12H18O10. The summed E-state index contributed by atoms with van der Waals surface area (Å²) in [6, 6.07) is 0.